The van der Waals surface area contributed by atoms with Gasteiger partial charge in [-0.15, -0.1) is 0 Å². The third-order valence-corrected chi connectivity index (χ3v) is 5.81. The first-order valence-electron chi connectivity index (χ1n) is 10.8. The number of aryl methyl sites for hydroxylation is 1. The van der Waals surface area contributed by atoms with Gasteiger partial charge in [0.15, 0.2) is 0 Å². The number of anilines is 1. The second-order valence-electron chi connectivity index (χ2n) is 8.04. The number of nitrogens with one attached hydrogen (secondary N) is 2. The summed E-state index contributed by atoms with van der Waals surface area (Å²) in [4.78, 5) is 22.9. The summed E-state index contributed by atoms with van der Waals surface area (Å²) in [6.07, 6.45) is 5.56. The number of likely N-dealkylation sites (tertiary alicyclic amines) is 1. The van der Waals surface area contributed by atoms with Gasteiger partial charge in [-0.2, -0.15) is 0 Å². The number of hydrogen-bond acceptors (Lipinski definition) is 3. The number of imidazole rings is 1. The molecular weight excluding hydrogens is 360 g/mol. The van der Waals surface area contributed by atoms with E-state index >= 15 is 0 Å². The molecule has 5 nitrogen and oxygen atoms in total. The minimum atomic E-state index is 0.0634. The van der Waals surface area contributed by atoms with E-state index in [1.807, 2.05) is 30.3 Å². The number of nitrogens with zero attached hydrogens (tertiary/aromatic N) is 2. The third-order valence-electron chi connectivity index (χ3n) is 5.81. The molecule has 0 bridgehead atoms. The molecule has 4 rings (SSSR count). The second-order valence-corrected chi connectivity index (χ2v) is 8.04. The van der Waals surface area contributed by atoms with Gasteiger partial charge < -0.3 is 10.3 Å². The van der Waals surface area contributed by atoms with Gasteiger partial charge in [0, 0.05) is 11.6 Å². The number of carbonyl (C=O) groups is 1. The molecule has 1 fully saturated rings. The fraction of sp³-hybridized carbons (Fsp3) is 0.417. The van der Waals surface area contributed by atoms with E-state index in [4.69, 9.17) is 4.98 Å². The van der Waals surface area contributed by atoms with Crippen molar-refractivity contribution in [3.05, 3.63) is 59.9 Å². The zero-order valence-corrected chi connectivity index (χ0v) is 17.2. The van der Waals surface area contributed by atoms with Crippen molar-refractivity contribution in [3.63, 3.8) is 0 Å². The summed E-state index contributed by atoms with van der Waals surface area (Å²) < 4.78 is 0. The van der Waals surface area contributed by atoms with E-state index in [1.54, 1.807) is 0 Å². The largest absolute Gasteiger partial charge is 0.342 e. The molecule has 0 spiro atoms. The van der Waals surface area contributed by atoms with Crippen molar-refractivity contribution >= 4 is 22.6 Å². The summed E-state index contributed by atoms with van der Waals surface area (Å²) in [5.41, 5.74) is 4.35. The van der Waals surface area contributed by atoms with Crippen molar-refractivity contribution in [1.29, 1.82) is 0 Å². The molecule has 152 valence electrons. The van der Waals surface area contributed by atoms with E-state index in [0.29, 0.717) is 12.5 Å². The highest BCUT2D eigenvalue weighted by Gasteiger charge is 2.24. The molecule has 29 heavy (non-hydrogen) atoms. The number of piperidine rings is 1. The molecule has 0 saturated carbocycles. The normalized spacial score (nSPS) is 15.6. The topological polar surface area (TPSA) is 61.0 Å². The number of rotatable bonds is 7. The number of para-hydroxylation sites is 2. The molecule has 2 N–H and O–H groups in total. The van der Waals surface area contributed by atoms with E-state index in [0.717, 1.165) is 54.9 Å². The number of aromatic amines is 1. The molecule has 0 aliphatic carbocycles. The average Bonchev–Trinajstić information content (AvgIpc) is 3.18. The van der Waals surface area contributed by atoms with Crippen LogP contribution in [0, 0.1) is 0 Å². The number of amides is 1. The first-order chi connectivity index (χ1) is 14.2. The molecule has 1 amide bonds. The highest BCUT2D eigenvalue weighted by molar-refractivity contribution is 5.92. The number of unbranched alkanes of at least 4 members (excludes halogenated alkanes) is 1. The Bertz CT molecular complexity index is 906. The fourth-order valence-corrected chi connectivity index (χ4v) is 4.07. The molecule has 2 aromatic carbocycles. The summed E-state index contributed by atoms with van der Waals surface area (Å²) in [6, 6.07) is 16.4. The van der Waals surface area contributed by atoms with Gasteiger partial charge in [-0.3, -0.25) is 9.69 Å². The molecule has 0 unspecified atom stereocenters. The lowest BCUT2D eigenvalue weighted by Crippen LogP contribution is -2.38. The summed E-state index contributed by atoms with van der Waals surface area (Å²) in [6.45, 7) is 4.49. The first-order valence-corrected chi connectivity index (χ1v) is 10.8. The van der Waals surface area contributed by atoms with Gasteiger partial charge in [0.25, 0.3) is 0 Å². The number of aromatic nitrogens is 2. The molecule has 0 atom stereocenters. The first kappa shape index (κ1) is 19.6. The molecule has 1 aromatic heterocycles. The van der Waals surface area contributed by atoms with Crippen LogP contribution in [0.5, 0.6) is 0 Å². The Hall–Kier alpha value is -2.66. The molecular formula is C24H30N4O. The minimum Gasteiger partial charge on any atom is -0.342 e. The van der Waals surface area contributed by atoms with Crippen molar-refractivity contribution in [3.8, 4) is 0 Å². The quantitative estimate of drug-likeness (QED) is 0.613. The van der Waals surface area contributed by atoms with E-state index in [9.17, 15) is 4.79 Å². The summed E-state index contributed by atoms with van der Waals surface area (Å²) >= 11 is 0. The molecule has 0 radical (unpaired) electrons. The van der Waals surface area contributed by atoms with E-state index in [-0.39, 0.29) is 5.91 Å². The maximum Gasteiger partial charge on any atom is 0.238 e. The second kappa shape index (κ2) is 9.23. The Morgan fingerprint density at radius 2 is 1.90 bits per heavy atom. The van der Waals surface area contributed by atoms with Gasteiger partial charge in [0.1, 0.15) is 5.82 Å². The van der Waals surface area contributed by atoms with Crippen molar-refractivity contribution in [2.75, 3.05) is 25.0 Å². The predicted molar refractivity (Wildman–Crippen MR) is 118 cm³/mol. The maximum absolute atomic E-state index is 12.4. The number of carbonyl (C=O) groups excluding carboxylic acids is 1. The van der Waals surface area contributed by atoms with Gasteiger partial charge in [0.2, 0.25) is 5.91 Å². The number of hydrogen-bond donors (Lipinski definition) is 2. The van der Waals surface area contributed by atoms with Crippen molar-refractivity contribution in [1.82, 2.24) is 14.9 Å². The highest BCUT2D eigenvalue weighted by Crippen LogP contribution is 2.27. The van der Waals surface area contributed by atoms with Crippen LogP contribution in [0.1, 0.15) is 49.9 Å². The number of benzene rings is 2. The lowest BCUT2D eigenvalue weighted by atomic mass is 9.96. The average molecular weight is 391 g/mol. The minimum absolute atomic E-state index is 0.0634. The zero-order valence-electron chi connectivity index (χ0n) is 17.2. The third kappa shape index (κ3) is 5.04. The zero-order chi connectivity index (χ0) is 20.1. The van der Waals surface area contributed by atoms with Gasteiger partial charge in [-0.05, 0) is 68.6 Å². The highest BCUT2D eigenvalue weighted by atomic mass is 16.2. The summed E-state index contributed by atoms with van der Waals surface area (Å²) in [7, 11) is 0. The van der Waals surface area contributed by atoms with Crippen LogP contribution in [0.2, 0.25) is 0 Å². The van der Waals surface area contributed by atoms with Crippen LogP contribution >= 0.6 is 0 Å². The van der Waals surface area contributed by atoms with E-state index < -0.39 is 0 Å². The Balaban J connectivity index is 1.25. The van der Waals surface area contributed by atoms with Crippen LogP contribution in [0.3, 0.4) is 0 Å². The van der Waals surface area contributed by atoms with Gasteiger partial charge in [0.05, 0.1) is 17.6 Å². The van der Waals surface area contributed by atoms with Crippen LogP contribution in [-0.2, 0) is 11.2 Å². The summed E-state index contributed by atoms with van der Waals surface area (Å²) in [5, 5.41) is 3.03. The molecule has 1 saturated heterocycles. The van der Waals surface area contributed by atoms with Crippen LogP contribution in [0.15, 0.2) is 48.5 Å². The Kier molecular flexibility index (Phi) is 6.25. The van der Waals surface area contributed by atoms with Crippen LogP contribution in [0.4, 0.5) is 5.69 Å². The van der Waals surface area contributed by atoms with Crippen LogP contribution in [-0.4, -0.2) is 40.4 Å². The molecule has 3 aromatic rings. The fourth-order valence-electron chi connectivity index (χ4n) is 4.07. The molecule has 1 aliphatic heterocycles. The van der Waals surface area contributed by atoms with Gasteiger partial charge in [-0.1, -0.05) is 37.6 Å². The monoisotopic (exact) mass is 390 g/mol. The van der Waals surface area contributed by atoms with Crippen LogP contribution in [0.25, 0.3) is 11.0 Å². The Labute approximate surface area is 172 Å². The SMILES string of the molecule is CCCCc1ccc(NC(=O)CN2CCC(c3nc4ccccc4[nH]3)CC2)cc1. The van der Waals surface area contributed by atoms with Crippen LogP contribution < -0.4 is 5.32 Å². The maximum atomic E-state index is 12.4. The van der Waals surface area contributed by atoms with Crippen molar-refractivity contribution in [2.24, 2.45) is 0 Å². The predicted octanol–water partition coefficient (Wildman–Crippen LogP) is 4.72. The van der Waals surface area contributed by atoms with E-state index in [2.05, 4.69) is 40.3 Å². The molecule has 5 heteroatoms. The smallest absolute Gasteiger partial charge is 0.238 e. The van der Waals surface area contributed by atoms with Crippen molar-refractivity contribution < 1.29 is 4.79 Å². The van der Waals surface area contributed by atoms with Gasteiger partial charge in [-0.25, -0.2) is 4.98 Å². The number of fused-ring (bicyclic) bond motifs is 1. The number of H-pyrrole nitrogens is 1. The van der Waals surface area contributed by atoms with Crippen molar-refractivity contribution in [2.45, 2.75) is 44.9 Å². The van der Waals surface area contributed by atoms with Gasteiger partial charge >= 0.3 is 0 Å². The standard InChI is InChI=1S/C24H30N4O/c1-2-3-6-18-9-11-20(12-10-18)25-23(29)17-28-15-13-19(14-16-28)24-26-21-7-4-5-8-22(21)27-24/h4-5,7-12,19H,2-3,6,13-17H2,1H3,(H,25,29)(H,26,27). The molecule has 2 heterocycles. The molecule has 1 aliphatic rings. The van der Waals surface area contributed by atoms with E-state index in [1.165, 1.54) is 18.4 Å². The summed E-state index contributed by atoms with van der Waals surface area (Å²) in [5.74, 6) is 1.59. The lowest BCUT2D eigenvalue weighted by molar-refractivity contribution is -0.117. The Morgan fingerprint density at radius 1 is 1.14 bits per heavy atom. The lowest BCUT2D eigenvalue weighted by Gasteiger charge is -2.30. The Morgan fingerprint density at radius 3 is 2.62 bits per heavy atom.